The van der Waals surface area contributed by atoms with Crippen molar-refractivity contribution in [1.82, 2.24) is 5.32 Å². The lowest BCUT2D eigenvalue weighted by molar-refractivity contribution is 0.102. The number of aliphatic hydroxyl groups excluding tert-OH is 1. The van der Waals surface area contributed by atoms with E-state index in [1.165, 1.54) is 0 Å². The largest absolute Gasteiger partial charge is 0.493 e. The van der Waals surface area contributed by atoms with Crippen LogP contribution in [-0.4, -0.2) is 37.5 Å². The van der Waals surface area contributed by atoms with E-state index in [4.69, 9.17) is 9.47 Å². The number of aliphatic hydroxyl groups is 1. The molecule has 0 aliphatic rings. The van der Waals surface area contributed by atoms with Gasteiger partial charge in [-0.3, -0.25) is 0 Å². The Bertz CT molecular complexity index is 344. The van der Waals surface area contributed by atoms with Gasteiger partial charge >= 0.3 is 0 Å². The summed E-state index contributed by atoms with van der Waals surface area (Å²) in [5, 5.41) is 13.0. The van der Waals surface area contributed by atoms with E-state index in [0.29, 0.717) is 24.1 Å². The predicted octanol–water partition coefficient (Wildman–Crippen LogP) is 1.82. The summed E-state index contributed by atoms with van der Waals surface area (Å²) in [5.41, 5.74) is 0. The van der Waals surface area contributed by atoms with Crippen LogP contribution in [0, 0.1) is 0 Å². The van der Waals surface area contributed by atoms with Gasteiger partial charge in [-0.05, 0) is 25.5 Å². The number of ether oxygens (including phenoxy) is 2. The fourth-order valence-electron chi connectivity index (χ4n) is 1.46. The van der Waals surface area contributed by atoms with E-state index in [1.54, 1.807) is 7.11 Å². The highest BCUT2D eigenvalue weighted by Gasteiger charge is 2.09. The third-order valence-corrected chi connectivity index (χ3v) is 2.81. The molecular formula is C14H23NO3. The van der Waals surface area contributed by atoms with Gasteiger partial charge in [0, 0.05) is 12.6 Å². The van der Waals surface area contributed by atoms with Gasteiger partial charge in [0.2, 0.25) is 0 Å². The van der Waals surface area contributed by atoms with Crippen molar-refractivity contribution in [1.29, 1.82) is 0 Å². The minimum Gasteiger partial charge on any atom is -0.493 e. The molecule has 0 aliphatic heterocycles. The zero-order valence-electron chi connectivity index (χ0n) is 11.3. The number of hydrogen-bond acceptors (Lipinski definition) is 4. The van der Waals surface area contributed by atoms with E-state index in [1.807, 2.05) is 24.3 Å². The van der Waals surface area contributed by atoms with Crippen LogP contribution in [0.15, 0.2) is 24.3 Å². The summed E-state index contributed by atoms with van der Waals surface area (Å²) in [6, 6.07) is 7.83. The standard InChI is InChI=1S/C14H23NO3/c1-4-11(2)15-9-12(16)10-18-14-8-6-5-7-13(14)17-3/h5-8,11-12,15-16H,4,9-10H2,1-3H3. The molecule has 0 amide bonds. The van der Waals surface area contributed by atoms with E-state index < -0.39 is 6.10 Å². The van der Waals surface area contributed by atoms with E-state index in [0.717, 1.165) is 6.42 Å². The summed E-state index contributed by atoms with van der Waals surface area (Å²) >= 11 is 0. The Morgan fingerprint density at radius 3 is 2.56 bits per heavy atom. The number of hydrogen-bond donors (Lipinski definition) is 2. The minimum absolute atomic E-state index is 0.254. The molecule has 2 N–H and O–H groups in total. The van der Waals surface area contributed by atoms with Gasteiger partial charge in [-0.2, -0.15) is 0 Å². The molecule has 1 aromatic rings. The summed E-state index contributed by atoms with van der Waals surface area (Å²) in [4.78, 5) is 0. The lowest BCUT2D eigenvalue weighted by Gasteiger charge is -2.17. The molecule has 102 valence electrons. The Morgan fingerprint density at radius 2 is 1.94 bits per heavy atom. The van der Waals surface area contributed by atoms with Crippen LogP contribution >= 0.6 is 0 Å². The molecule has 18 heavy (non-hydrogen) atoms. The second-order valence-electron chi connectivity index (χ2n) is 4.33. The van der Waals surface area contributed by atoms with Crippen LogP contribution in [0.25, 0.3) is 0 Å². The maximum Gasteiger partial charge on any atom is 0.161 e. The summed E-state index contributed by atoms with van der Waals surface area (Å²) in [5.74, 6) is 1.34. The number of rotatable bonds is 8. The highest BCUT2D eigenvalue weighted by Crippen LogP contribution is 2.25. The third-order valence-electron chi connectivity index (χ3n) is 2.81. The van der Waals surface area contributed by atoms with Crippen molar-refractivity contribution < 1.29 is 14.6 Å². The monoisotopic (exact) mass is 253 g/mol. The first-order valence-corrected chi connectivity index (χ1v) is 6.34. The molecule has 0 aliphatic carbocycles. The molecule has 0 bridgehead atoms. The first-order valence-electron chi connectivity index (χ1n) is 6.34. The molecule has 1 aromatic carbocycles. The smallest absolute Gasteiger partial charge is 0.161 e. The van der Waals surface area contributed by atoms with Crippen LogP contribution in [0.4, 0.5) is 0 Å². The maximum atomic E-state index is 9.79. The van der Waals surface area contributed by atoms with Gasteiger partial charge in [0.05, 0.1) is 7.11 Å². The van der Waals surface area contributed by atoms with Gasteiger partial charge in [-0.25, -0.2) is 0 Å². The van der Waals surface area contributed by atoms with Gasteiger partial charge < -0.3 is 19.9 Å². The average Bonchev–Trinajstić information content (AvgIpc) is 2.42. The van der Waals surface area contributed by atoms with Crippen LogP contribution in [0.2, 0.25) is 0 Å². The Kier molecular flexibility index (Phi) is 6.54. The SMILES string of the molecule is CCC(C)NCC(O)COc1ccccc1OC. The topological polar surface area (TPSA) is 50.7 Å². The first kappa shape index (κ1) is 14.8. The Morgan fingerprint density at radius 1 is 1.28 bits per heavy atom. The van der Waals surface area contributed by atoms with E-state index in [-0.39, 0.29) is 6.61 Å². The molecule has 0 fully saturated rings. The molecule has 0 spiro atoms. The molecule has 2 atom stereocenters. The zero-order chi connectivity index (χ0) is 13.4. The van der Waals surface area contributed by atoms with Gasteiger partial charge in [0.1, 0.15) is 12.7 Å². The van der Waals surface area contributed by atoms with Crippen LogP contribution in [0.3, 0.4) is 0 Å². The minimum atomic E-state index is -0.524. The molecule has 0 saturated carbocycles. The molecule has 0 saturated heterocycles. The Hall–Kier alpha value is -1.26. The van der Waals surface area contributed by atoms with Crippen molar-refractivity contribution in [3.8, 4) is 11.5 Å². The zero-order valence-corrected chi connectivity index (χ0v) is 11.3. The lowest BCUT2D eigenvalue weighted by Crippen LogP contribution is -2.36. The molecule has 0 heterocycles. The lowest BCUT2D eigenvalue weighted by atomic mass is 10.2. The quantitative estimate of drug-likeness (QED) is 0.742. The van der Waals surface area contributed by atoms with Crippen molar-refractivity contribution in [2.75, 3.05) is 20.3 Å². The van der Waals surface area contributed by atoms with Crippen LogP contribution in [0.5, 0.6) is 11.5 Å². The molecule has 1 rings (SSSR count). The van der Waals surface area contributed by atoms with Crippen molar-refractivity contribution in [2.24, 2.45) is 0 Å². The molecular weight excluding hydrogens is 230 g/mol. The number of para-hydroxylation sites is 2. The van der Waals surface area contributed by atoms with Crippen LogP contribution in [-0.2, 0) is 0 Å². The fraction of sp³-hybridized carbons (Fsp3) is 0.571. The van der Waals surface area contributed by atoms with Gasteiger partial charge in [0.15, 0.2) is 11.5 Å². The van der Waals surface area contributed by atoms with Gasteiger partial charge in [-0.1, -0.05) is 19.1 Å². The van der Waals surface area contributed by atoms with E-state index in [9.17, 15) is 5.11 Å². The summed E-state index contributed by atoms with van der Waals surface area (Å²) in [6.07, 6.45) is 0.518. The average molecular weight is 253 g/mol. The third kappa shape index (κ3) is 4.94. The van der Waals surface area contributed by atoms with E-state index >= 15 is 0 Å². The first-order chi connectivity index (χ1) is 8.67. The summed E-state index contributed by atoms with van der Waals surface area (Å²) in [6.45, 7) is 4.98. The second kappa shape index (κ2) is 7.95. The number of benzene rings is 1. The molecule has 2 unspecified atom stereocenters. The van der Waals surface area contributed by atoms with Gasteiger partial charge in [-0.15, -0.1) is 0 Å². The van der Waals surface area contributed by atoms with Crippen molar-refractivity contribution >= 4 is 0 Å². The number of methoxy groups -OCH3 is 1. The van der Waals surface area contributed by atoms with Crippen LogP contribution in [0.1, 0.15) is 20.3 Å². The van der Waals surface area contributed by atoms with Crippen molar-refractivity contribution in [2.45, 2.75) is 32.4 Å². The molecule has 4 heteroatoms. The molecule has 0 radical (unpaired) electrons. The normalized spacial score (nSPS) is 14.0. The second-order valence-corrected chi connectivity index (χ2v) is 4.33. The predicted molar refractivity (Wildman–Crippen MR) is 72.3 cm³/mol. The summed E-state index contributed by atoms with van der Waals surface area (Å²) < 4.78 is 10.7. The maximum absolute atomic E-state index is 9.79. The Balaban J connectivity index is 2.35. The Labute approximate surface area is 109 Å². The highest BCUT2D eigenvalue weighted by molar-refractivity contribution is 5.39. The number of nitrogens with one attached hydrogen (secondary N) is 1. The highest BCUT2D eigenvalue weighted by atomic mass is 16.5. The van der Waals surface area contributed by atoms with Crippen LogP contribution < -0.4 is 14.8 Å². The summed E-state index contributed by atoms with van der Waals surface area (Å²) in [7, 11) is 1.60. The van der Waals surface area contributed by atoms with Gasteiger partial charge in [0.25, 0.3) is 0 Å². The molecule has 4 nitrogen and oxygen atoms in total. The van der Waals surface area contributed by atoms with E-state index in [2.05, 4.69) is 19.2 Å². The van der Waals surface area contributed by atoms with Crippen molar-refractivity contribution in [3.63, 3.8) is 0 Å². The molecule has 0 aromatic heterocycles. The fourth-order valence-corrected chi connectivity index (χ4v) is 1.46. The van der Waals surface area contributed by atoms with Crippen molar-refractivity contribution in [3.05, 3.63) is 24.3 Å².